The lowest BCUT2D eigenvalue weighted by Gasteiger charge is -2.49. The summed E-state index contributed by atoms with van der Waals surface area (Å²) in [7, 11) is -3.28. The second kappa shape index (κ2) is 5.72. The van der Waals surface area contributed by atoms with Gasteiger partial charge in [-0.1, -0.05) is 47.4 Å². The van der Waals surface area contributed by atoms with E-state index in [9.17, 15) is 0 Å². The Hall–Kier alpha value is -0.0662. The molecule has 0 aliphatic heterocycles. The van der Waals surface area contributed by atoms with Crippen molar-refractivity contribution >= 4 is 15.6 Å². The Bertz CT molecular complexity index is 265. The van der Waals surface area contributed by atoms with Crippen LogP contribution in [0.1, 0.15) is 34.6 Å². The molecule has 0 heterocycles. The van der Waals surface area contributed by atoms with Crippen molar-refractivity contribution in [3.63, 3.8) is 0 Å². The molecule has 0 spiro atoms. The Morgan fingerprint density at radius 3 is 1.59 bits per heavy atom. The molecule has 0 saturated heterocycles. The van der Waals surface area contributed by atoms with Crippen LogP contribution in [0.3, 0.4) is 0 Å². The average Bonchev–Trinajstić information content (AvgIpc) is 1.97. The Morgan fingerprint density at radius 1 is 1.00 bits per heavy atom. The molecule has 0 aliphatic carbocycles. The van der Waals surface area contributed by atoms with E-state index in [2.05, 4.69) is 65.0 Å². The summed E-state index contributed by atoms with van der Waals surface area (Å²) in [4.78, 5) is 0. The molecule has 0 aromatic carbocycles. The summed E-state index contributed by atoms with van der Waals surface area (Å²) in [6.45, 7) is 24.6. The van der Waals surface area contributed by atoms with E-state index in [0.29, 0.717) is 12.1 Å². The zero-order chi connectivity index (χ0) is 14.0. The fourth-order valence-corrected chi connectivity index (χ4v) is 11.8. The van der Waals surface area contributed by atoms with Gasteiger partial charge in [0.1, 0.15) is 0 Å². The predicted octanol–water partition coefficient (Wildman–Crippen LogP) is 4.14. The van der Waals surface area contributed by atoms with E-state index in [1.807, 2.05) is 6.92 Å². The van der Waals surface area contributed by atoms with Gasteiger partial charge >= 0.3 is 0 Å². The number of hydrogen-bond acceptors (Lipinski definition) is 2. The maximum absolute atomic E-state index is 6.15. The highest BCUT2D eigenvalue weighted by Crippen LogP contribution is 2.29. The first kappa shape index (κ1) is 16.9. The Labute approximate surface area is 110 Å². The summed E-state index contributed by atoms with van der Waals surface area (Å²) in [5.41, 5.74) is 0. The minimum absolute atomic E-state index is 0.581. The largest absolute Gasteiger partial charge is 0.549 e. The average molecular weight is 274 g/mol. The van der Waals surface area contributed by atoms with Crippen molar-refractivity contribution in [2.75, 3.05) is 0 Å². The third kappa shape index (κ3) is 3.96. The molecule has 0 aromatic rings. The maximum Gasteiger partial charge on any atom is 0.245 e. The van der Waals surface area contributed by atoms with Gasteiger partial charge in [0.2, 0.25) is 7.83 Å². The molecular formula is C13H31NOSi2. The van der Waals surface area contributed by atoms with Crippen molar-refractivity contribution in [2.45, 2.75) is 72.9 Å². The van der Waals surface area contributed by atoms with E-state index in [-0.39, 0.29) is 0 Å². The molecule has 0 saturated carbocycles. The molecule has 0 rings (SSSR count). The SMILES string of the molecule is C=C(C)O[Si](C)(C)[Si](C)(C)N(C(C)C)C(C)C. The smallest absolute Gasteiger partial charge is 0.245 e. The topological polar surface area (TPSA) is 12.5 Å². The normalized spacial score (nSPS) is 13.6. The monoisotopic (exact) mass is 273 g/mol. The molecule has 0 radical (unpaired) electrons. The highest BCUT2D eigenvalue weighted by Gasteiger charge is 2.50. The van der Waals surface area contributed by atoms with Gasteiger partial charge in [-0.05, 0) is 32.1 Å². The first-order valence-electron chi connectivity index (χ1n) is 6.56. The fraction of sp³-hybridized carbons (Fsp3) is 0.846. The molecule has 102 valence electrons. The second-order valence-corrected chi connectivity index (χ2v) is 20.6. The van der Waals surface area contributed by atoms with Crippen LogP contribution in [0, 0.1) is 0 Å². The van der Waals surface area contributed by atoms with Crippen LogP contribution in [0.5, 0.6) is 0 Å². The number of rotatable bonds is 6. The van der Waals surface area contributed by atoms with Crippen LogP contribution in [0.25, 0.3) is 0 Å². The van der Waals surface area contributed by atoms with E-state index in [4.69, 9.17) is 4.43 Å². The molecule has 0 bridgehead atoms. The van der Waals surface area contributed by atoms with Crippen LogP contribution in [0.2, 0.25) is 26.2 Å². The third-order valence-corrected chi connectivity index (χ3v) is 19.7. The third-order valence-electron chi connectivity index (χ3n) is 3.66. The zero-order valence-electron chi connectivity index (χ0n) is 13.2. The van der Waals surface area contributed by atoms with Gasteiger partial charge in [-0.3, -0.25) is 0 Å². The lowest BCUT2D eigenvalue weighted by Crippen LogP contribution is -2.70. The van der Waals surface area contributed by atoms with Gasteiger partial charge in [-0.25, -0.2) is 0 Å². The number of nitrogens with zero attached hydrogens (tertiary/aromatic N) is 1. The van der Waals surface area contributed by atoms with Crippen molar-refractivity contribution in [1.82, 2.24) is 4.57 Å². The summed E-state index contributed by atoms with van der Waals surface area (Å²) >= 11 is 0. The van der Waals surface area contributed by atoms with Crippen molar-refractivity contribution in [1.29, 1.82) is 0 Å². The Morgan fingerprint density at radius 2 is 1.35 bits per heavy atom. The lowest BCUT2D eigenvalue weighted by atomic mass is 10.3. The molecule has 2 nitrogen and oxygen atoms in total. The molecule has 0 unspecified atom stereocenters. The zero-order valence-corrected chi connectivity index (χ0v) is 15.2. The molecule has 17 heavy (non-hydrogen) atoms. The molecule has 0 amide bonds. The lowest BCUT2D eigenvalue weighted by molar-refractivity contribution is 0.295. The van der Waals surface area contributed by atoms with Crippen LogP contribution in [-0.2, 0) is 4.43 Å². The van der Waals surface area contributed by atoms with Gasteiger partial charge in [0.25, 0.3) is 0 Å². The fourth-order valence-electron chi connectivity index (χ4n) is 2.76. The van der Waals surface area contributed by atoms with E-state index in [0.717, 1.165) is 5.76 Å². The molecule has 0 N–H and O–H groups in total. The van der Waals surface area contributed by atoms with Gasteiger partial charge < -0.3 is 8.99 Å². The summed E-state index contributed by atoms with van der Waals surface area (Å²) in [6, 6.07) is 1.16. The number of allylic oxidation sites excluding steroid dienone is 1. The highest BCUT2D eigenvalue weighted by molar-refractivity contribution is 7.37. The molecule has 0 aliphatic rings. The van der Waals surface area contributed by atoms with Crippen LogP contribution < -0.4 is 0 Å². The standard InChI is InChI=1S/C13H31NOSi2/c1-11(2)14(12(3)4)16(7,8)17(9,10)15-13(5)6/h11-12H,5H2,1-4,6-10H3. The van der Waals surface area contributed by atoms with Gasteiger partial charge in [0.15, 0.2) is 7.75 Å². The minimum Gasteiger partial charge on any atom is -0.549 e. The van der Waals surface area contributed by atoms with E-state index >= 15 is 0 Å². The van der Waals surface area contributed by atoms with Gasteiger partial charge in [-0.2, -0.15) is 0 Å². The molecule has 0 aromatic heterocycles. The van der Waals surface area contributed by atoms with Crippen molar-refractivity contribution in [2.24, 2.45) is 0 Å². The van der Waals surface area contributed by atoms with Gasteiger partial charge in [0, 0.05) is 0 Å². The second-order valence-electron chi connectivity index (χ2n) is 6.47. The van der Waals surface area contributed by atoms with Crippen molar-refractivity contribution in [3.05, 3.63) is 12.3 Å². The van der Waals surface area contributed by atoms with Gasteiger partial charge in [-0.15, -0.1) is 0 Å². The maximum atomic E-state index is 6.15. The summed E-state index contributed by atoms with van der Waals surface area (Å²) in [6.07, 6.45) is 0. The quantitative estimate of drug-likeness (QED) is 0.532. The summed E-state index contributed by atoms with van der Waals surface area (Å²) in [5.74, 6) is 0.870. The van der Waals surface area contributed by atoms with E-state index < -0.39 is 15.6 Å². The molecule has 0 fully saturated rings. The summed E-state index contributed by atoms with van der Waals surface area (Å²) < 4.78 is 8.84. The van der Waals surface area contributed by atoms with Crippen molar-refractivity contribution in [3.8, 4) is 0 Å². The number of hydrogen-bond donors (Lipinski definition) is 0. The van der Waals surface area contributed by atoms with Crippen LogP contribution >= 0.6 is 0 Å². The van der Waals surface area contributed by atoms with Crippen LogP contribution in [-0.4, -0.2) is 32.2 Å². The Kier molecular flexibility index (Phi) is 5.69. The van der Waals surface area contributed by atoms with Crippen LogP contribution in [0.15, 0.2) is 12.3 Å². The first-order valence-corrected chi connectivity index (χ1v) is 13.4. The highest BCUT2D eigenvalue weighted by atomic mass is 29.3. The molecule has 0 atom stereocenters. The minimum atomic E-state index is -1.72. The van der Waals surface area contributed by atoms with Crippen molar-refractivity contribution < 1.29 is 4.43 Å². The molecule has 4 heteroatoms. The molecular weight excluding hydrogens is 242 g/mol. The van der Waals surface area contributed by atoms with E-state index in [1.165, 1.54) is 0 Å². The van der Waals surface area contributed by atoms with Crippen LogP contribution in [0.4, 0.5) is 0 Å². The van der Waals surface area contributed by atoms with E-state index in [1.54, 1.807) is 0 Å². The Balaban J connectivity index is 5.26. The first-order chi connectivity index (χ1) is 7.43. The predicted molar refractivity (Wildman–Crippen MR) is 83.0 cm³/mol. The van der Waals surface area contributed by atoms with Gasteiger partial charge in [0.05, 0.1) is 5.76 Å². The summed E-state index contributed by atoms with van der Waals surface area (Å²) in [5, 5.41) is 0.